The summed E-state index contributed by atoms with van der Waals surface area (Å²) >= 11 is 0. The molecular weight excluding hydrogens is 240 g/mol. The van der Waals surface area contributed by atoms with Crippen LogP contribution in [0.25, 0.3) is 0 Å². The van der Waals surface area contributed by atoms with E-state index in [1.807, 2.05) is 0 Å². The molecule has 0 rings (SSSR count). The minimum atomic E-state index is -0.379. The first-order valence-corrected chi connectivity index (χ1v) is 6.23. The van der Waals surface area contributed by atoms with Gasteiger partial charge in [-0.15, -0.1) is 0 Å². The Morgan fingerprint density at radius 2 is 1.11 bits per heavy atom. The molecule has 0 unspecified atom stereocenters. The molecule has 106 valence electrons. The fourth-order valence-electron chi connectivity index (χ4n) is 1.26. The maximum atomic E-state index is 10.9. The van der Waals surface area contributed by atoms with Gasteiger partial charge in [0.05, 0.1) is 39.3 Å². The fraction of sp³-hybridized carbons (Fsp3) is 0.833. The second kappa shape index (κ2) is 12.3. The Bertz CT molecular complexity index is 205. The number of unbranched alkanes of at least 4 members (excludes halogenated alkanes) is 3. The van der Waals surface area contributed by atoms with Crippen molar-refractivity contribution in [3.8, 4) is 0 Å². The Kier molecular flexibility index (Phi) is 11.5. The predicted molar refractivity (Wildman–Crippen MR) is 63.8 cm³/mol. The van der Waals surface area contributed by atoms with Crippen LogP contribution in [-0.2, 0) is 19.1 Å². The van der Waals surface area contributed by atoms with Crippen molar-refractivity contribution in [1.29, 1.82) is 0 Å². The van der Waals surface area contributed by atoms with Crippen LogP contribution in [0.3, 0.4) is 0 Å². The highest BCUT2D eigenvalue weighted by Gasteiger charge is 2.02. The topological polar surface area (TPSA) is 93.1 Å². The molecule has 0 aliphatic heterocycles. The van der Waals surface area contributed by atoms with Crippen LogP contribution < -0.4 is 0 Å². The molecule has 0 aromatic rings. The van der Waals surface area contributed by atoms with Gasteiger partial charge in [0.1, 0.15) is 0 Å². The molecule has 0 spiro atoms. The van der Waals surface area contributed by atoms with E-state index >= 15 is 0 Å². The molecule has 0 heterocycles. The van der Waals surface area contributed by atoms with Gasteiger partial charge in [-0.1, -0.05) is 0 Å². The zero-order valence-corrected chi connectivity index (χ0v) is 10.6. The maximum Gasteiger partial charge on any atom is 0.308 e. The summed E-state index contributed by atoms with van der Waals surface area (Å²) in [6, 6.07) is 0. The van der Waals surface area contributed by atoms with Crippen molar-refractivity contribution in [2.75, 3.05) is 26.4 Å². The van der Waals surface area contributed by atoms with Crippen LogP contribution in [0.4, 0.5) is 0 Å². The number of esters is 2. The number of carbonyl (C=O) groups excluding carboxylic acids is 2. The normalized spacial score (nSPS) is 10.1. The molecule has 6 heteroatoms. The van der Waals surface area contributed by atoms with Gasteiger partial charge in [0.2, 0.25) is 0 Å². The summed E-state index contributed by atoms with van der Waals surface area (Å²) in [4.78, 5) is 21.7. The van der Waals surface area contributed by atoms with Crippen LogP contribution in [0.15, 0.2) is 0 Å². The highest BCUT2D eigenvalue weighted by atomic mass is 16.5. The van der Waals surface area contributed by atoms with E-state index in [0.29, 0.717) is 13.2 Å². The van der Waals surface area contributed by atoms with Gasteiger partial charge >= 0.3 is 11.9 Å². The maximum absolute atomic E-state index is 10.9. The van der Waals surface area contributed by atoms with Crippen molar-refractivity contribution in [2.24, 2.45) is 0 Å². The summed E-state index contributed by atoms with van der Waals surface area (Å²) in [5.41, 5.74) is 0. The summed E-state index contributed by atoms with van der Waals surface area (Å²) in [5.74, 6) is -0.758. The molecule has 0 fully saturated rings. The van der Waals surface area contributed by atoms with E-state index in [-0.39, 0.29) is 38.0 Å². The first-order chi connectivity index (χ1) is 8.70. The largest absolute Gasteiger partial charge is 0.466 e. The standard InChI is InChI=1S/C12H22O6/c13-7-5-11(15)17-9-3-1-2-4-10-18-12(16)6-8-14/h13-14H,1-10H2. The predicted octanol–water partition coefficient (Wildman–Crippen LogP) is 0.398. The van der Waals surface area contributed by atoms with Crippen molar-refractivity contribution < 1.29 is 29.3 Å². The van der Waals surface area contributed by atoms with Gasteiger partial charge in [-0.3, -0.25) is 9.59 Å². The first-order valence-electron chi connectivity index (χ1n) is 6.23. The van der Waals surface area contributed by atoms with Crippen molar-refractivity contribution in [3.63, 3.8) is 0 Å². The van der Waals surface area contributed by atoms with Crippen LogP contribution in [0.5, 0.6) is 0 Å². The molecule has 0 radical (unpaired) electrons. The smallest absolute Gasteiger partial charge is 0.308 e. The molecular formula is C12H22O6. The zero-order chi connectivity index (χ0) is 13.6. The Labute approximate surface area is 107 Å². The van der Waals surface area contributed by atoms with Crippen molar-refractivity contribution in [3.05, 3.63) is 0 Å². The number of carbonyl (C=O) groups is 2. The molecule has 18 heavy (non-hydrogen) atoms. The molecule has 0 aromatic carbocycles. The molecule has 2 N–H and O–H groups in total. The minimum absolute atomic E-state index is 0.0425. The Balaban J connectivity index is 3.16. The van der Waals surface area contributed by atoms with Gasteiger partial charge in [0, 0.05) is 0 Å². The molecule has 6 nitrogen and oxygen atoms in total. The van der Waals surface area contributed by atoms with Gasteiger partial charge in [0.25, 0.3) is 0 Å². The Hall–Kier alpha value is -1.14. The van der Waals surface area contributed by atoms with E-state index in [0.717, 1.165) is 25.7 Å². The van der Waals surface area contributed by atoms with Gasteiger partial charge in [-0.2, -0.15) is 0 Å². The number of hydrogen-bond donors (Lipinski definition) is 2. The van der Waals surface area contributed by atoms with E-state index in [1.165, 1.54) is 0 Å². The Morgan fingerprint density at radius 3 is 1.44 bits per heavy atom. The third-order valence-corrected chi connectivity index (χ3v) is 2.20. The molecule has 0 saturated heterocycles. The number of ether oxygens (including phenoxy) is 2. The highest BCUT2D eigenvalue weighted by molar-refractivity contribution is 5.69. The fourth-order valence-corrected chi connectivity index (χ4v) is 1.26. The van der Waals surface area contributed by atoms with Crippen LogP contribution in [-0.4, -0.2) is 48.6 Å². The van der Waals surface area contributed by atoms with E-state index in [9.17, 15) is 9.59 Å². The highest BCUT2D eigenvalue weighted by Crippen LogP contribution is 2.01. The third kappa shape index (κ3) is 11.3. The SMILES string of the molecule is O=C(CCO)OCCCCCCOC(=O)CCO. The molecule has 0 atom stereocenters. The van der Waals surface area contributed by atoms with E-state index in [1.54, 1.807) is 0 Å². The van der Waals surface area contributed by atoms with Crippen LogP contribution in [0.2, 0.25) is 0 Å². The van der Waals surface area contributed by atoms with Crippen molar-refractivity contribution >= 4 is 11.9 Å². The monoisotopic (exact) mass is 262 g/mol. The molecule has 0 aromatic heterocycles. The third-order valence-electron chi connectivity index (χ3n) is 2.20. The van der Waals surface area contributed by atoms with Gasteiger partial charge < -0.3 is 19.7 Å². The molecule has 0 bridgehead atoms. The molecule has 0 amide bonds. The second-order valence-corrected chi connectivity index (χ2v) is 3.80. The molecule has 0 saturated carbocycles. The lowest BCUT2D eigenvalue weighted by Crippen LogP contribution is -2.08. The van der Waals surface area contributed by atoms with Crippen molar-refractivity contribution in [1.82, 2.24) is 0 Å². The summed E-state index contributed by atoms with van der Waals surface area (Å²) in [7, 11) is 0. The number of aliphatic hydroxyl groups is 2. The lowest BCUT2D eigenvalue weighted by atomic mass is 10.2. The van der Waals surface area contributed by atoms with Gasteiger partial charge in [-0.05, 0) is 25.7 Å². The summed E-state index contributed by atoms with van der Waals surface area (Å²) in [6.45, 7) is 0.363. The summed E-state index contributed by atoms with van der Waals surface area (Å²) in [5, 5.41) is 16.9. The quantitative estimate of drug-likeness (QED) is 0.413. The van der Waals surface area contributed by atoms with E-state index in [4.69, 9.17) is 19.7 Å². The number of hydrogen-bond acceptors (Lipinski definition) is 6. The van der Waals surface area contributed by atoms with Crippen molar-refractivity contribution in [2.45, 2.75) is 38.5 Å². The van der Waals surface area contributed by atoms with Gasteiger partial charge in [0.15, 0.2) is 0 Å². The Morgan fingerprint density at radius 1 is 0.722 bits per heavy atom. The first kappa shape index (κ1) is 16.9. The lowest BCUT2D eigenvalue weighted by molar-refractivity contribution is -0.145. The van der Waals surface area contributed by atoms with Crippen LogP contribution >= 0.6 is 0 Å². The van der Waals surface area contributed by atoms with E-state index in [2.05, 4.69) is 0 Å². The summed E-state index contributed by atoms with van der Waals surface area (Å²) in [6.07, 6.45) is 3.40. The molecule has 0 aliphatic rings. The lowest BCUT2D eigenvalue weighted by Gasteiger charge is -2.05. The summed E-state index contributed by atoms with van der Waals surface area (Å²) < 4.78 is 9.69. The average molecular weight is 262 g/mol. The zero-order valence-electron chi connectivity index (χ0n) is 10.6. The van der Waals surface area contributed by atoms with Gasteiger partial charge in [-0.25, -0.2) is 0 Å². The van der Waals surface area contributed by atoms with Crippen LogP contribution in [0, 0.1) is 0 Å². The van der Waals surface area contributed by atoms with E-state index < -0.39 is 0 Å². The number of rotatable bonds is 11. The average Bonchev–Trinajstić information content (AvgIpc) is 2.33. The van der Waals surface area contributed by atoms with Crippen LogP contribution in [0.1, 0.15) is 38.5 Å². The second-order valence-electron chi connectivity index (χ2n) is 3.80. The minimum Gasteiger partial charge on any atom is -0.466 e. The number of aliphatic hydroxyl groups excluding tert-OH is 2. The molecule has 0 aliphatic carbocycles.